The van der Waals surface area contributed by atoms with E-state index in [2.05, 4.69) is 31.2 Å². The predicted molar refractivity (Wildman–Crippen MR) is 125 cm³/mol. The maximum Gasteiger partial charge on any atom is 0.256 e. The molecule has 30 heavy (non-hydrogen) atoms. The molecule has 0 amide bonds. The summed E-state index contributed by atoms with van der Waals surface area (Å²) < 4.78 is 0.705. The van der Waals surface area contributed by atoms with Crippen LogP contribution >= 0.6 is 27.5 Å². The zero-order chi connectivity index (χ0) is 21.7. The van der Waals surface area contributed by atoms with Crippen molar-refractivity contribution in [2.24, 2.45) is 0 Å². The highest BCUT2D eigenvalue weighted by atomic mass is 79.9. The van der Waals surface area contributed by atoms with Gasteiger partial charge in [0.15, 0.2) is 0 Å². The monoisotopic (exact) mass is 491 g/mol. The minimum absolute atomic E-state index is 0.181. The van der Waals surface area contributed by atoms with Crippen molar-refractivity contribution >= 4 is 56.4 Å². The lowest BCUT2D eigenvalue weighted by Gasteiger charge is -2.24. The van der Waals surface area contributed by atoms with E-state index in [1.165, 1.54) is 0 Å². The van der Waals surface area contributed by atoms with Gasteiger partial charge in [-0.05, 0) is 64.8 Å². The number of aromatic hydroxyl groups is 1. The molecule has 3 aromatic rings. The van der Waals surface area contributed by atoms with Crippen LogP contribution < -0.4 is 15.3 Å². The molecule has 0 bridgehead atoms. The maximum absolute atomic E-state index is 10.1. The fraction of sp³-hybridized carbons (Fsp3) is 0.238. The predicted octanol–water partition coefficient (Wildman–Crippen LogP) is 5.89. The summed E-state index contributed by atoms with van der Waals surface area (Å²) >= 11 is 9.46. The molecule has 158 valence electrons. The Bertz CT molecular complexity index is 1000. The molecular formula is C21H23BrClN5O2. The van der Waals surface area contributed by atoms with E-state index >= 15 is 0 Å². The molecule has 0 saturated heterocycles. The average molecular weight is 493 g/mol. The Labute approximate surface area is 189 Å². The number of hydrogen-bond acceptors (Lipinski definition) is 7. The van der Waals surface area contributed by atoms with Gasteiger partial charge in [-0.3, -0.25) is 4.84 Å². The van der Waals surface area contributed by atoms with Gasteiger partial charge in [-0.1, -0.05) is 18.5 Å². The molecule has 0 fully saturated rings. The van der Waals surface area contributed by atoms with Gasteiger partial charge in [-0.15, -0.1) is 0 Å². The lowest BCUT2D eigenvalue weighted by Crippen LogP contribution is -2.21. The molecule has 1 aromatic heterocycles. The van der Waals surface area contributed by atoms with Crippen LogP contribution in [-0.4, -0.2) is 35.8 Å². The van der Waals surface area contributed by atoms with Gasteiger partial charge in [-0.25, -0.2) is 4.98 Å². The normalized spacial score (nSPS) is 10.7. The first-order chi connectivity index (χ1) is 14.4. The number of nitrogens with one attached hydrogen (secondary N) is 1. The fourth-order valence-electron chi connectivity index (χ4n) is 2.64. The second-order valence-corrected chi connectivity index (χ2v) is 7.98. The molecule has 2 N–H and O–H groups in total. The summed E-state index contributed by atoms with van der Waals surface area (Å²) in [5.74, 6) is 1.12. The van der Waals surface area contributed by atoms with Gasteiger partial charge < -0.3 is 15.3 Å². The van der Waals surface area contributed by atoms with E-state index in [0.717, 1.165) is 12.1 Å². The van der Waals surface area contributed by atoms with E-state index in [4.69, 9.17) is 16.4 Å². The minimum atomic E-state index is 0.181. The van der Waals surface area contributed by atoms with Gasteiger partial charge in [0, 0.05) is 31.0 Å². The summed E-state index contributed by atoms with van der Waals surface area (Å²) in [5, 5.41) is 15.6. The largest absolute Gasteiger partial charge is 0.506 e. The Morgan fingerprint density at radius 3 is 2.57 bits per heavy atom. The molecular weight excluding hydrogens is 470 g/mol. The molecule has 2 aromatic carbocycles. The van der Waals surface area contributed by atoms with Crippen molar-refractivity contribution in [1.82, 2.24) is 9.97 Å². The number of phenolic OH excluding ortho intramolecular Hbond substituents is 1. The lowest BCUT2D eigenvalue weighted by atomic mass is 10.2. The van der Waals surface area contributed by atoms with Gasteiger partial charge in [0.05, 0.1) is 22.5 Å². The highest BCUT2D eigenvalue weighted by Gasteiger charge is 2.18. The first-order valence-corrected chi connectivity index (χ1v) is 10.5. The number of halogens is 2. The maximum atomic E-state index is 10.1. The molecule has 0 aliphatic carbocycles. The van der Waals surface area contributed by atoms with E-state index in [1.54, 1.807) is 35.5 Å². The molecule has 0 radical (unpaired) electrons. The molecule has 0 unspecified atom stereocenters. The van der Waals surface area contributed by atoms with Crippen LogP contribution in [0.25, 0.3) is 0 Å². The third kappa shape index (κ3) is 5.33. The summed E-state index contributed by atoms with van der Waals surface area (Å²) in [7, 11) is 3.72. The number of nitrogens with zero attached hydrogens (tertiary/aromatic N) is 4. The average Bonchev–Trinajstić information content (AvgIpc) is 2.73. The summed E-state index contributed by atoms with van der Waals surface area (Å²) in [6.45, 7) is 2.51. The zero-order valence-corrected chi connectivity index (χ0v) is 19.3. The fourth-order valence-corrected chi connectivity index (χ4v) is 3.06. The number of anilines is 5. The van der Waals surface area contributed by atoms with Crippen LogP contribution in [-0.2, 0) is 4.84 Å². The van der Waals surface area contributed by atoms with E-state index in [-0.39, 0.29) is 5.75 Å². The van der Waals surface area contributed by atoms with E-state index in [1.807, 2.05) is 44.1 Å². The van der Waals surface area contributed by atoms with Crippen molar-refractivity contribution in [2.75, 3.05) is 36.0 Å². The summed E-state index contributed by atoms with van der Waals surface area (Å²) in [5.41, 5.74) is 2.20. The molecule has 0 atom stereocenters. The standard InChI is InChI=1S/C21H23BrClN5O2/c1-4-11-30-28(16-9-10-19(29)18(12-16)27(2)3)21-24-13-17(22)20(26-21)25-15-7-5-14(23)6-8-15/h5-10,12-13,29H,4,11H2,1-3H3,(H,24,25,26). The topological polar surface area (TPSA) is 73.8 Å². The van der Waals surface area contributed by atoms with Crippen LogP contribution in [0.15, 0.2) is 53.1 Å². The summed E-state index contributed by atoms with van der Waals surface area (Å²) in [4.78, 5) is 16.8. The smallest absolute Gasteiger partial charge is 0.256 e. The molecule has 0 aliphatic heterocycles. The van der Waals surface area contributed by atoms with Crippen molar-refractivity contribution in [3.8, 4) is 5.75 Å². The Balaban J connectivity index is 1.98. The first kappa shape index (κ1) is 22.1. The molecule has 0 spiro atoms. The van der Waals surface area contributed by atoms with E-state index in [0.29, 0.717) is 39.2 Å². The summed E-state index contributed by atoms with van der Waals surface area (Å²) in [6.07, 6.45) is 2.48. The highest BCUT2D eigenvalue weighted by Crippen LogP contribution is 2.34. The second kappa shape index (κ2) is 9.97. The number of phenols is 1. The molecule has 0 saturated carbocycles. The summed E-state index contributed by atoms with van der Waals surface area (Å²) in [6, 6.07) is 12.5. The van der Waals surface area contributed by atoms with Crippen molar-refractivity contribution in [2.45, 2.75) is 13.3 Å². The molecule has 9 heteroatoms. The van der Waals surface area contributed by atoms with Crippen molar-refractivity contribution in [1.29, 1.82) is 0 Å². The van der Waals surface area contributed by atoms with Crippen LogP contribution in [0, 0.1) is 0 Å². The SMILES string of the molecule is CCCON(c1ccc(O)c(N(C)C)c1)c1ncc(Br)c(Nc2ccc(Cl)cc2)n1. The van der Waals surface area contributed by atoms with Gasteiger partial charge in [0.2, 0.25) is 0 Å². The van der Waals surface area contributed by atoms with Crippen LogP contribution in [0.4, 0.5) is 28.8 Å². The Hall–Kier alpha value is -2.55. The van der Waals surface area contributed by atoms with Crippen LogP contribution in [0.1, 0.15) is 13.3 Å². The Morgan fingerprint density at radius 2 is 1.90 bits per heavy atom. The van der Waals surface area contributed by atoms with Crippen molar-refractivity contribution in [3.63, 3.8) is 0 Å². The van der Waals surface area contributed by atoms with Crippen molar-refractivity contribution < 1.29 is 9.94 Å². The van der Waals surface area contributed by atoms with Crippen molar-refractivity contribution in [3.05, 3.63) is 58.2 Å². The molecule has 1 heterocycles. The third-order valence-corrected chi connectivity index (χ3v) is 4.95. The van der Waals surface area contributed by atoms with Gasteiger partial charge in [0.25, 0.3) is 5.95 Å². The van der Waals surface area contributed by atoms with Gasteiger partial charge in [-0.2, -0.15) is 10.0 Å². The Morgan fingerprint density at radius 1 is 1.17 bits per heavy atom. The van der Waals surface area contributed by atoms with E-state index in [9.17, 15) is 5.11 Å². The molecule has 0 aliphatic rings. The highest BCUT2D eigenvalue weighted by molar-refractivity contribution is 9.10. The van der Waals surface area contributed by atoms with Gasteiger partial charge in [0.1, 0.15) is 11.6 Å². The number of benzene rings is 2. The van der Waals surface area contributed by atoms with Gasteiger partial charge >= 0.3 is 0 Å². The third-order valence-electron chi connectivity index (χ3n) is 4.12. The van der Waals surface area contributed by atoms with Crippen LogP contribution in [0.2, 0.25) is 5.02 Å². The quantitative estimate of drug-likeness (QED) is 0.380. The molecule has 7 nitrogen and oxygen atoms in total. The second-order valence-electron chi connectivity index (χ2n) is 6.69. The lowest BCUT2D eigenvalue weighted by molar-refractivity contribution is 0.133. The van der Waals surface area contributed by atoms with Crippen LogP contribution in [0.5, 0.6) is 5.75 Å². The van der Waals surface area contributed by atoms with E-state index < -0.39 is 0 Å². The number of rotatable bonds is 8. The molecule has 3 rings (SSSR count). The Kier molecular flexibility index (Phi) is 7.36. The minimum Gasteiger partial charge on any atom is -0.506 e. The zero-order valence-electron chi connectivity index (χ0n) is 16.9. The van der Waals surface area contributed by atoms with Crippen LogP contribution in [0.3, 0.4) is 0 Å². The number of hydrogen-bond donors (Lipinski definition) is 2. The first-order valence-electron chi connectivity index (χ1n) is 9.37. The number of aromatic nitrogens is 2.